The van der Waals surface area contributed by atoms with E-state index in [-0.39, 0.29) is 16.8 Å². The van der Waals surface area contributed by atoms with E-state index in [0.29, 0.717) is 5.56 Å². The third-order valence-corrected chi connectivity index (χ3v) is 7.70. The second-order valence-corrected chi connectivity index (χ2v) is 9.86. The van der Waals surface area contributed by atoms with Gasteiger partial charge >= 0.3 is 0 Å². The number of carbonyl (C=O) groups is 1. The lowest BCUT2D eigenvalue weighted by atomic mass is 9.96. The van der Waals surface area contributed by atoms with Crippen molar-refractivity contribution in [1.29, 1.82) is 0 Å². The van der Waals surface area contributed by atoms with Crippen LogP contribution in [0.25, 0.3) is 20.8 Å². The monoisotopic (exact) mass is 467 g/mol. The molecule has 0 bridgehead atoms. The number of amides is 1. The fraction of sp³-hybridized carbons (Fsp3) is 0.174. The largest absolute Gasteiger partial charge is 0.323 e. The third-order valence-electron chi connectivity index (χ3n) is 5.24. The number of thiazole rings is 1. The summed E-state index contributed by atoms with van der Waals surface area (Å²) in [7, 11) is 0. The summed E-state index contributed by atoms with van der Waals surface area (Å²) in [4.78, 5) is 18.7. The minimum absolute atomic E-state index is 0.218. The maximum atomic E-state index is 13.1. The van der Waals surface area contributed by atoms with Gasteiger partial charge in [0, 0.05) is 16.0 Å². The number of benzene rings is 2. The molecule has 1 aliphatic carbocycles. The van der Waals surface area contributed by atoms with Gasteiger partial charge in [-0.2, -0.15) is 0 Å². The topological polar surface area (TPSA) is 54.0 Å². The summed E-state index contributed by atoms with van der Waals surface area (Å²) in [5.41, 5.74) is 3.77. The van der Waals surface area contributed by atoms with Crippen LogP contribution < -0.4 is 10.6 Å². The summed E-state index contributed by atoms with van der Waals surface area (Å²) in [5, 5.41) is 8.03. The van der Waals surface area contributed by atoms with Gasteiger partial charge in [0.2, 0.25) is 0 Å². The van der Waals surface area contributed by atoms with Crippen molar-refractivity contribution < 1.29 is 9.18 Å². The Kier molecular flexibility index (Phi) is 5.52. The lowest BCUT2D eigenvalue weighted by molar-refractivity contribution is 0.0977. The minimum Gasteiger partial charge on any atom is -0.323 e. The summed E-state index contributed by atoms with van der Waals surface area (Å²) >= 11 is 8.78. The molecule has 8 heteroatoms. The van der Waals surface area contributed by atoms with E-state index >= 15 is 0 Å². The second-order valence-electron chi connectivity index (χ2n) is 7.32. The predicted octanol–water partition coefficient (Wildman–Crippen LogP) is 6.17. The summed E-state index contributed by atoms with van der Waals surface area (Å²) in [5.74, 6) is -0.762. The van der Waals surface area contributed by atoms with Crippen LogP contribution in [0.4, 0.5) is 9.39 Å². The van der Waals surface area contributed by atoms with E-state index in [2.05, 4.69) is 16.7 Å². The third kappa shape index (κ3) is 4.11. The lowest BCUT2D eigenvalue weighted by Gasteiger charge is -2.12. The number of aromatic nitrogens is 1. The Morgan fingerprint density at radius 1 is 1.03 bits per heavy atom. The number of aryl methyl sites for hydroxylation is 1. The maximum Gasteiger partial charge on any atom is 0.257 e. The molecule has 4 aromatic rings. The lowest BCUT2D eigenvalue weighted by Crippen LogP contribution is -2.34. The SMILES string of the molecule is O=C(NC(=S)Nc1sc2c(c1-c1nc3ccccc3s1)CCCC2)c1ccc(F)cc1. The van der Waals surface area contributed by atoms with E-state index < -0.39 is 0 Å². The zero-order chi connectivity index (χ0) is 21.4. The van der Waals surface area contributed by atoms with E-state index in [0.717, 1.165) is 45.1 Å². The number of thiocarbonyl (C=S) groups is 1. The predicted molar refractivity (Wildman–Crippen MR) is 130 cm³/mol. The number of halogens is 1. The molecule has 0 spiro atoms. The van der Waals surface area contributed by atoms with Gasteiger partial charge in [-0.15, -0.1) is 22.7 Å². The fourth-order valence-corrected chi connectivity index (χ4v) is 6.43. The highest BCUT2D eigenvalue weighted by Crippen LogP contribution is 2.46. The van der Waals surface area contributed by atoms with Crippen LogP contribution in [0.2, 0.25) is 0 Å². The van der Waals surface area contributed by atoms with Gasteiger partial charge in [0.15, 0.2) is 5.11 Å². The number of hydrogen-bond acceptors (Lipinski definition) is 5. The maximum absolute atomic E-state index is 13.1. The standard InChI is InChI=1S/C23H18FN3OS3/c24-14-11-9-13(10-12-14)20(28)26-23(29)27-22-19(15-5-1-3-7-17(15)30-22)21-25-16-6-2-4-8-18(16)31-21/h2,4,6,8-12H,1,3,5,7H2,(H2,26,27,28,29). The van der Waals surface area contributed by atoms with Gasteiger partial charge in [-0.3, -0.25) is 10.1 Å². The van der Waals surface area contributed by atoms with E-state index in [1.165, 1.54) is 41.1 Å². The van der Waals surface area contributed by atoms with Crippen molar-refractivity contribution in [3.05, 3.63) is 70.4 Å². The van der Waals surface area contributed by atoms with Gasteiger partial charge in [-0.1, -0.05) is 12.1 Å². The van der Waals surface area contributed by atoms with Crippen LogP contribution in [0.15, 0.2) is 48.5 Å². The first-order chi connectivity index (χ1) is 15.1. The van der Waals surface area contributed by atoms with Crippen molar-refractivity contribution in [2.75, 3.05) is 5.32 Å². The molecule has 0 saturated carbocycles. The number of rotatable bonds is 3. The first kappa shape index (κ1) is 20.2. The van der Waals surface area contributed by atoms with E-state index in [1.54, 1.807) is 22.7 Å². The van der Waals surface area contributed by atoms with Gasteiger partial charge in [0.05, 0.1) is 10.2 Å². The number of fused-ring (bicyclic) bond motifs is 2. The van der Waals surface area contributed by atoms with Crippen LogP contribution in [0.3, 0.4) is 0 Å². The molecule has 5 rings (SSSR count). The zero-order valence-electron chi connectivity index (χ0n) is 16.4. The van der Waals surface area contributed by atoms with Gasteiger partial charge in [0.1, 0.15) is 15.8 Å². The van der Waals surface area contributed by atoms with Crippen LogP contribution in [0.1, 0.15) is 33.6 Å². The number of carbonyl (C=O) groups excluding carboxylic acids is 1. The summed E-state index contributed by atoms with van der Waals surface area (Å²) < 4.78 is 14.3. The average molecular weight is 468 g/mol. The highest BCUT2D eigenvalue weighted by Gasteiger charge is 2.25. The molecule has 2 aromatic heterocycles. The van der Waals surface area contributed by atoms with Crippen molar-refractivity contribution in [1.82, 2.24) is 10.3 Å². The van der Waals surface area contributed by atoms with E-state index in [1.807, 2.05) is 18.2 Å². The number of anilines is 1. The normalized spacial score (nSPS) is 13.1. The molecule has 1 amide bonds. The number of nitrogens with zero attached hydrogens (tertiary/aromatic N) is 1. The van der Waals surface area contributed by atoms with Crippen LogP contribution in [-0.2, 0) is 12.8 Å². The fourth-order valence-electron chi connectivity index (χ4n) is 3.77. The average Bonchev–Trinajstić information content (AvgIpc) is 3.34. The molecule has 2 heterocycles. The Morgan fingerprint density at radius 2 is 1.81 bits per heavy atom. The molecule has 1 aliphatic rings. The zero-order valence-corrected chi connectivity index (χ0v) is 18.9. The Labute approximate surface area is 192 Å². The van der Waals surface area contributed by atoms with Crippen LogP contribution in [0.5, 0.6) is 0 Å². The Hall–Kier alpha value is -2.68. The van der Waals surface area contributed by atoms with Crippen LogP contribution in [0, 0.1) is 5.82 Å². The van der Waals surface area contributed by atoms with Crippen molar-refractivity contribution in [2.45, 2.75) is 25.7 Å². The number of thiophene rings is 1. The van der Waals surface area contributed by atoms with Crippen molar-refractivity contribution >= 4 is 61.1 Å². The van der Waals surface area contributed by atoms with Crippen molar-refractivity contribution in [2.24, 2.45) is 0 Å². The summed E-state index contributed by atoms with van der Waals surface area (Å²) in [6.45, 7) is 0. The number of hydrogen-bond donors (Lipinski definition) is 2. The molecule has 0 fully saturated rings. The summed E-state index contributed by atoms with van der Waals surface area (Å²) in [6, 6.07) is 13.5. The highest BCUT2D eigenvalue weighted by atomic mass is 32.1. The molecule has 31 heavy (non-hydrogen) atoms. The molecule has 0 radical (unpaired) electrons. The van der Waals surface area contributed by atoms with Crippen LogP contribution in [-0.4, -0.2) is 16.0 Å². The van der Waals surface area contributed by atoms with Gasteiger partial charge in [-0.05, 0) is 79.9 Å². The molecule has 0 atom stereocenters. The van der Waals surface area contributed by atoms with Crippen molar-refractivity contribution in [3.63, 3.8) is 0 Å². The van der Waals surface area contributed by atoms with Crippen LogP contribution >= 0.6 is 34.9 Å². The first-order valence-corrected chi connectivity index (χ1v) is 12.0. The number of nitrogens with one attached hydrogen (secondary N) is 2. The smallest absolute Gasteiger partial charge is 0.257 e. The molecule has 2 N–H and O–H groups in total. The second kappa shape index (κ2) is 8.45. The molecular weight excluding hydrogens is 449 g/mol. The molecule has 156 valence electrons. The molecule has 0 aliphatic heterocycles. The molecule has 0 unspecified atom stereocenters. The molecule has 0 saturated heterocycles. The van der Waals surface area contributed by atoms with Gasteiger partial charge < -0.3 is 5.32 Å². The van der Waals surface area contributed by atoms with E-state index in [9.17, 15) is 9.18 Å². The Balaban J connectivity index is 1.44. The summed E-state index contributed by atoms with van der Waals surface area (Å²) in [6.07, 6.45) is 4.41. The first-order valence-electron chi connectivity index (χ1n) is 9.97. The van der Waals surface area contributed by atoms with E-state index in [4.69, 9.17) is 17.2 Å². The molecular formula is C23H18FN3OS3. The Bertz CT molecular complexity index is 1260. The van der Waals surface area contributed by atoms with Crippen molar-refractivity contribution in [3.8, 4) is 10.6 Å². The van der Waals surface area contributed by atoms with Gasteiger partial charge in [-0.25, -0.2) is 9.37 Å². The Morgan fingerprint density at radius 3 is 2.61 bits per heavy atom. The quantitative estimate of drug-likeness (QED) is 0.354. The molecule has 2 aromatic carbocycles. The number of para-hydroxylation sites is 1. The van der Waals surface area contributed by atoms with Gasteiger partial charge in [0.25, 0.3) is 5.91 Å². The highest BCUT2D eigenvalue weighted by molar-refractivity contribution is 7.80. The molecule has 4 nitrogen and oxygen atoms in total. The minimum atomic E-state index is -0.387.